The molecule has 2 rings (SSSR count). The number of nitro groups is 1. The summed E-state index contributed by atoms with van der Waals surface area (Å²) in [5.74, 6) is 0.344. The summed E-state index contributed by atoms with van der Waals surface area (Å²) >= 11 is 3.12. The standard InChI is InChI=1S/C13H15BrN2O3/c1-8-5-9(2)15(7-8)13(17)10-3-4-11(14)12(6-10)16(18)19/h3-4,6,8-9H,5,7H2,1-2H3. The van der Waals surface area contributed by atoms with Crippen molar-refractivity contribution < 1.29 is 9.72 Å². The van der Waals surface area contributed by atoms with Gasteiger partial charge in [-0.3, -0.25) is 14.9 Å². The summed E-state index contributed by atoms with van der Waals surface area (Å²) in [7, 11) is 0. The molecule has 0 saturated carbocycles. The quantitative estimate of drug-likeness (QED) is 0.619. The topological polar surface area (TPSA) is 63.5 Å². The molecular weight excluding hydrogens is 312 g/mol. The number of halogens is 1. The number of carbonyl (C=O) groups is 1. The Hall–Kier alpha value is -1.43. The minimum atomic E-state index is -0.489. The van der Waals surface area contributed by atoms with Crippen molar-refractivity contribution in [2.45, 2.75) is 26.3 Å². The molecule has 1 aromatic carbocycles. The lowest BCUT2D eigenvalue weighted by molar-refractivity contribution is -0.385. The first-order valence-electron chi connectivity index (χ1n) is 6.15. The third kappa shape index (κ3) is 2.78. The number of nitro benzene ring substituents is 1. The van der Waals surface area contributed by atoms with Crippen molar-refractivity contribution in [1.82, 2.24) is 4.90 Å². The van der Waals surface area contributed by atoms with Crippen LogP contribution in [0.5, 0.6) is 0 Å². The number of hydrogen-bond donors (Lipinski definition) is 0. The van der Waals surface area contributed by atoms with Gasteiger partial charge in [0.05, 0.1) is 9.40 Å². The van der Waals surface area contributed by atoms with Crippen LogP contribution in [0.15, 0.2) is 22.7 Å². The Morgan fingerprint density at radius 3 is 2.68 bits per heavy atom. The fourth-order valence-corrected chi connectivity index (χ4v) is 2.93. The Kier molecular flexibility index (Phi) is 3.89. The zero-order chi connectivity index (χ0) is 14.2. The molecule has 6 heteroatoms. The number of likely N-dealkylation sites (tertiary alicyclic amines) is 1. The van der Waals surface area contributed by atoms with E-state index in [1.165, 1.54) is 6.07 Å². The van der Waals surface area contributed by atoms with Crippen LogP contribution in [0.3, 0.4) is 0 Å². The van der Waals surface area contributed by atoms with Gasteiger partial charge in [0.15, 0.2) is 0 Å². The van der Waals surface area contributed by atoms with Gasteiger partial charge in [-0.15, -0.1) is 0 Å². The first-order chi connectivity index (χ1) is 8.90. The van der Waals surface area contributed by atoms with Gasteiger partial charge in [0, 0.05) is 24.2 Å². The molecule has 102 valence electrons. The number of carbonyl (C=O) groups excluding carboxylic acids is 1. The van der Waals surface area contributed by atoms with Gasteiger partial charge in [-0.1, -0.05) is 6.92 Å². The Bertz CT molecular complexity index is 533. The predicted octanol–water partition coefficient (Wildman–Crippen LogP) is 3.23. The molecule has 1 aromatic rings. The first kappa shape index (κ1) is 14.0. The molecular formula is C13H15BrN2O3. The maximum Gasteiger partial charge on any atom is 0.284 e. The minimum Gasteiger partial charge on any atom is -0.336 e. The summed E-state index contributed by atoms with van der Waals surface area (Å²) < 4.78 is 0.386. The van der Waals surface area contributed by atoms with Crippen molar-refractivity contribution >= 4 is 27.5 Å². The molecule has 1 heterocycles. The molecule has 2 unspecified atom stereocenters. The van der Waals surface area contributed by atoms with E-state index in [1.54, 1.807) is 17.0 Å². The lowest BCUT2D eigenvalue weighted by Gasteiger charge is -2.21. The maximum atomic E-state index is 12.4. The average molecular weight is 327 g/mol. The zero-order valence-corrected chi connectivity index (χ0v) is 12.4. The van der Waals surface area contributed by atoms with Gasteiger partial charge in [-0.25, -0.2) is 0 Å². The van der Waals surface area contributed by atoms with E-state index in [1.807, 2.05) is 6.92 Å². The van der Waals surface area contributed by atoms with Crippen LogP contribution < -0.4 is 0 Å². The molecule has 0 bridgehead atoms. The lowest BCUT2D eigenvalue weighted by Crippen LogP contribution is -2.33. The van der Waals surface area contributed by atoms with Crippen LogP contribution in [0.1, 0.15) is 30.6 Å². The van der Waals surface area contributed by atoms with E-state index in [2.05, 4.69) is 22.9 Å². The molecule has 0 aromatic heterocycles. The zero-order valence-electron chi connectivity index (χ0n) is 10.8. The summed E-state index contributed by atoms with van der Waals surface area (Å²) in [6.07, 6.45) is 0.977. The normalized spacial score (nSPS) is 22.6. The second-order valence-electron chi connectivity index (χ2n) is 5.07. The van der Waals surface area contributed by atoms with Crippen LogP contribution in [-0.2, 0) is 0 Å². The van der Waals surface area contributed by atoms with E-state index in [9.17, 15) is 14.9 Å². The summed E-state index contributed by atoms with van der Waals surface area (Å²) in [4.78, 5) is 24.6. The Balaban J connectivity index is 2.29. The average Bonchev–Trinajstić information content (AvgIpc) is 2.68. The number of rotatable bonds is 2. The van der Waals surface area contributed by atoms with E-state index in [0.29, 0.717) is 22.5 Å². The summed E-state index contributed by atoms with van der Waals surface area (Å²) in [6.45, 7) is 4.83. The molecule has 5 nitrogen and oxygen atoms in total. The Morgan fingerprint density at radius 2 is 2.16 bits per heavy atom. The monoisotopic (exact) mass is 326 g/mol. The van der Waals surface area contributed by atoms with Gasteiger partial charge in [0.25, 0.3) is 11.6 Å². The number of nitrogens with zero attached hydrogens (tertiary/aromatic N) is 2. The van der Waals surface area contributed by atoms with E-state index in [4.69, 9.17) is 0 Å². The molecule has 0 aliphatic carbocycles. The molecule has 1 aliphatic heterocycles. The largest absolute Gasteiger partial charge is 0.336 e. The van der Waals surface area contributed by atoms with E-state index < -0.39 is 4.92 Å². The highest BCUT2D eigenvalue weighted by molar-refractivity contribution is 9.10. The first-order valence-corrected chi connectivity index (χ1v) is 6.94. The number of amides is 1. The molecule has 1 aliphatic rings. The van der Waals surface area contributed by atoms with Crippen molar-refractivity contribution in [3.63, 3.8) is 0 Å². The Labute approximate surface area is 119 Å². The molecule has 0 N–H and O–H groups in total. The van der Waals surface area contributed by atoms with Crippen LogP contribution in [0.2, 0.25) is 0 Å². The van der Waals surface area contributed by atoms with Crippen molar-refractivity contribution in [3.8, 4) is 0 Å². The molecule has 0 spiro atoms. The molecule has 1 amide bonds. The highest BCUT2D eigenvalue weighted by Crippen LogP contribution is 2.28. The van der Waals surface area contributed by atoms with Gasteiger partial charge in [-0.2, -0.15) is 0 Å². The fraction of sp³-hybridized carbons (Fsp3) is 0.462. The van der Waals surface area contributed by atoms with Gasteiger partial charge in [0.2, 0.25) is 0 Å². The van der Waals surface area contributed by atoms with Crippen molar-refractivity contribution in [2.24, 2.45) is 5.92 Å². The van der Waals surface area contributed by atoms with Crippen molar-refractivity contribution in [2.75, 3.05) is 6.54 Å². The van der Waals surface area contributed by atoms with Crippen molar-refractivity contribution in [3.05, 3.63) is 38.3 Å². The van der Waals surface area contributed by atoms with E-state index >= 15 is 0 Å². The smallest absolute Gasteiger partial charge is 0.284 e. The summed E-state index contributed by atoms with van der Waals surface area (Å²) in [5.41, 5.74) is 0.293. The Morgan fingerprint density at radius 1 is 1.47 bits per heavy atom. The van der Waals surface area contributed by atoms with Crippen LogP contribution in [0.25, 0.3) is 0 Å². The second kappa shape index (κ2) is 5.28. The number of hydrogen-bond acceptors (Lipinski definition) is 3. The van der Waals surface area contributed by atoms with Crippen LogP contribution >= 0.6 is 15.9 Å². The third-order valence-electron chi connectivity index (χ3n) is 3.43. The fourth-order valence-electron chi connectivity index (χ4n) is 2.53. The van der Waals surface area contributed by atoms with Gasteiger partial charge in [0.1, 0.15) is 0 Å². The molecule has 1 fully saturated rings. The summed E-state index contributed by atoms with van der Waals surface area (Å²) in [5, 5.41) is 10.9. The van der Waals surface area contributed by atoms with Crippen LogP contribution in [-0.4, -0.2) is 28.3 Å². The van der Waals surface area contributed by atoms with E-state index in [-0.39, 0.29) is 17.6 Å². The van der Waals surface area contributed by atoms with Gasteiger partial charge in [-0.05, 0) is 47.3 Å². The minimum absolute atomic E-state index is 0.0780. The van der Waals surface area contributed by atoms with Crippen LogP contribution in [0, 0.1) is 16.0 Å². The third-order valence-corrected chi connectivity index (χ3v) is 4.11. The highest BCUT2D eigenvalue weighted by Gasteiger charge is 2.31. The molecule has 1 saturated heterocycles. The SMILES string of the molecule is CC1CC(C)N(C(=O)c2ccc(Br)c([N+](=O)[O-])c2)C1. The second-order valence-corrected chi connectivity index (χ2v) is 5.93. The van der Waals surface area contributed by atoms with Crippen molar-refractivity contribution in [1.29, 1.82) is 0 Å². The molecule has 2 atom stereocenters. The predicted molar refractivity (Wildman–Crippen MR) is 75.1 cm³/mol. The van der Waals surface area contributed by atoms with Gasteiger partial charge >= 0.3 is 0 Å². The lowest BCUT2D eigenvalue weighted by atomic mass is 10.1. The molecule has 0 radical (unpaired) electrons. The van der Waals surface area contributed by atoms with Crippen LogP contribution in [0.4, 0.5) is 5.69 Å². The highest BCUT2D eigenvalue weighted by atomic mass is 79.9. The van der Waals surface area contributed by atoms with Gasteiger partial charge < -0.3 is 4.90 Å². The number of benzene rings is 1. The van der Waals surface area contributed by atoms with E-state index in [0.717, 1.165) is 6.42 Å². The summed E-state index contributed by atoms with van der Waals surface area (Å²) in [6, 6.07) is 4.69. The maximum absolute atomic E-state index is 12.4. The molecule has 19 heavy (non-hydrogen) atoms.